The molecule has 1 aliphatic rings. The second kappa shape index (κ2) is 5.36. The summed E-state index contributed by atoms with van der Waals surface area (Å²) < 4.78 is 26.9. The lowest BCUT2D eigenvalue weighted by Crippen LogP contribution is -2.58. The van der Waals surface area contributed by atoms with Gasteiger partial charge in [-0.05, 0) is 26.3 Å². The number of non-ortho nitro benzene ring substituents is 1. The van der Waals surface area contributed by atoms with Gasteiger partial charge in [-0.15, -0.1) is 0 Å². The van der Waals surface area contributed by atoms with E-state index in [9.17, 15) is 18.5 Å². The second-order valence-corrected chi connectivity index (χ2v) is 7.76. The zero-order valence-corrected chi connectivity index (χ0v) is 13.1. The van der Waals surface area contributed by atoms with E-state index in [0.29, 0.717) is 25.2 Å². The molecule has 1 N–H and O–H groups in total. The Labute approximate surface area is 124 Å². The summed E-state index contributed by atoms with van der Waals surface area (Å²) in [6.45, 7) is 6.74. The summed E-state index contributed by atoms with van der Waals surface area (Å²) in [5, 5.41) is 14.1. The first kappa shape index (κ1) is 15.9. The van der Waals surface area contributed by atoms with E-state index in [1.165, 1.54) is 16.4 Å². The fourth-order valence-electron chi connectivity index (χ4n) is 2.42. The molecule has 1 heterocycles. The van der Waals surface area contributed by atoms with Crippen LogP contribution in [0.4, 0.5) is 5.69 Å². The van der Waals surface area contributed by atoms with Crippen molar-refractivity contribution in [3.8, 4) is 0 Å². The molecule has 116 valence electrons. The molecule has 0 unspecified atom stereocenters. The lowest BCUT2D eigenvalue weighted by Gasteiger charge is -2.38. The van der Waals surface area contributed by atoms with Gasteiger partial charge in [0.25, 0.3) is 5.69 Å². The van der Waals surface area contributed by atoms with Crippen LogP contribution in [-0.2, 0) is 10.0 Å². The van der Waals surface area contributed by atoms with Crippen molar-refractivity contribution in [2.45, 2.75) is 31.2 Å². The van der Waals surface area contributed by atoms with Crippen molar-refractivity contribution < 1.29 is 13.3 Å². The van der Waals surface area contributed by atoms with Gasteiger partial charge in [-0.2, -0.15) is 4.31 Å². The number of nitro benzene ring substituents is 1. The molecule has 8 heteroatoms. The third-order valence-corrected chi connectivity index (χ3v) is 5.52. The minimum absolute atomic E-state index is 0.00870. The number of piperazine rings is 1. The van der Waals surface area contributed by atoms with Crippen molar-refractivity contribution >= 4 is 15.7 Å². The molecule has 0 spiro atoms. The molecule has 1 aromatic rings. The van der Waals surface area contributed by atoms with E-state index in [1.54, 1.807) is 6.92 Å². The Kier molecular flexibility index (Phi) is 4.05. The van der Waals surface area contributed by atoms with Crippen molar-refractivity contribution in [3.05, 3.63) is 33.9 Å². The molecule has 0 atom stereocenters. The number of nitrogens with one attached hydrogen (secondary N) is 1. The standard InChI is InChI=1S/C13H19N3O4S/c1-10-4-5-11(16(17)18)8-12(10)21(19,20)15-7-6-14-13(2,3)9-15/h4-5,8,14H,6-7,9H2,1-3H3. The zero-order chi connectivity index (χ0) is 15.8. The Hall–Kier alpha value is -1.51. The van der Waals surface area contributed by atoms with Crippen molar-refractivity contribution in [1.82, 2.24) is 9.62 Å². The smallest absolute Gasteiger partial charge is 0.270 e. The molecular formula is C13H19N3O4S. The number of nitrogens with zero attached hydrogens (tertiary/aromatic N) is 2. The summed E-state index contributed by atoms with van der Waals surface area (Å²) in [7, 11) is -3.73. The number of sulfonamides is 1. The molecule has 0 radical (unpaired) electrons. The van der Waals surface area contributed by atoms with Gasteiger partial charge in [0.2, 0.25) is 10.0 Å². The highest BCUT2D eigenvalue weighted by molar-refractivity contribution is 7.89. The maximum absolute atomic E-state index is 12.7. The minimum atomic E-state index is -3.73. The first-order chi connectivity index (χ1) is 9.63. The van der Waals surface area contributed by atoms with Gasteiger partial charge in [0, 0.05) is 37.3 Å². The van der Waals surface area contributed by atoms with Crippen molar-refractivity contribution in [2.24, 2.45) is 0 Å². The summed E-state index contributed by atoms with van der Waals surface area (Å²) in [6, 6.07) is 3.92. The van der Waals surface area contributed by atoms with Crippen molar-refractivity contribution in [1.29, 1.82) is 0 Å². The Morgan fingerprint density at radius 3 is 2.62 bits per heavy atom. The predicted molar refractivity (Wildman–Crippen MR) is 78.7 cm³/mol. The Morgan fingerprint density at radius 1 is 1.38 bits per heavy atom. The monoisotopic (exact) mass is 313 g/mol. The lowest BCUT2D eigenvalue weighted by atomic mass is 10.0. The van der Waals surface area contributed by atoms with E-state index in [0.717, 1.165) is 6.07 Å². The normalized spacial score (nSPS) is 19.4. The highest BCUT2D eigenvalue weighted by Crippen LogP contribution is 2.26. The van der Waals surface area contributed by atoms with E-state index < -0.39 is 14.9 Å². The second-order valence-electron chi connectivity index (χ2n) is 5.86. The highest BCUT2D eigenvalue weighted by atomic mass is 32.2. The third kappa shape index (κ3) is 3.22. The van der Waals surface area contributed by atoms with Crippen molar-refractivity contribution in [3.63, 3.8) is 0 Å². The maximum Gasteiger partial charge on any atom is 0.270 e. The molecule has 1 aliphatic heterocycles. The van der Waals surface area contributed by atoms with Gasteiger partial charge in [0.15, 0.2) is 0 Å². The van der Waals surface area contributed by atoms with E-state index in [-0.39, 0.29) is 16.1 Å². The molecule has 0 bridgehead atoms. The summed E-state index contributed by atoms with van der Waals surface area (Å²) in [4.78, 5) is 10.3. The molecule has 21 heavy (non-hydrogen) atoms. The van der Waals surface area contributed by atoms with E-state index in [4.69, 9.17) is 0 Å². The third-order valence-electron chi connectivity index (χ3n) is 3.54. The van der Waals surface area contributed by atoms with Crippen LogP contribution in [-0.4, -0.2) is 42.8 Å². The molecule has 1 aromatic carbocycles. The van der Waals surface area contributed by atoms with Crippen LogP contribution >= 0.6 is 0 Å². The van der Waals surface area contributed by atoms with Gasteiger partial charge in [0.1, 0.15) is 0 Å². The number of aryl methyl sites for hydroxylation is 1. The molecule has 2 rings (SSSR count). The van der Waals surface area contributed by atoms with Crippen LogP contribution in [0.15, 0.2) is 23.1 Å². The van der Waals surface area contributed by atoms with Gasteiger partial charge in [-0.1, -0.05) is 6.07 Å². The number of hydrogen-bond donors (Lipinski definition) is 1. The summed E-state index contributed by atoms with van der Waals surface area (Å²) in [5.74, 6) is 0. The number of benzene rings is 1. The Balaban J connectivity index is 2.44. The molecular weight excluding hydrogens is 294 g/mol. The number of hydrogen-bond acceptors (Lipinski definition) is 5. The molecule has 0 aromatic heterocycles. The topological polar surface area (TPSA) is 92.5 Å². The molecule has 0 amide bonds. The van der Waals surface area contributed by atoms with Crippen LogP contribution in [0, 0.1) is 17.0 Å². The quantitative estimate of drug-likeness (QED) is 0.670. The average molecular weight is 313 g/mol. The van der Waals surface area contributed by atoms with Crippen LogP contribution in [0.1, 0.15) is 19.4 Å². The first-order valence-corrected chi connectivity index (χ1v) is 8.08. The van der Waals surface area contributed by atoms with Crippen LogP contribution < -0.4 is 5.32 Å². The van der Waals surface area contributed by atoms with Crippen LogP contribution in [0.5, 0.6) is 0 Å². The van der Waals surface area contributed by atoms with Crippen LogP contribution in [0.2, 0.25) is 0 Å². The summed E-state index contributed by atoms with van der Waals surface area (Å²) in [5.41, 5.74) is -0.0227. The fraction of sp³-hybridized carbons (Fsp3) is 0.538. The number of nitro groups is 1. The Bertz CT molecular complexity index is 670. The summed E-state index contributed by atoms with van der Waals surface area (Å²) in [6.07, 6.45) is 0. The highest BCUT2D eigenvalue weighted by Gasteiger charge is 2.35. The van der Waals surface area contributed by atoms with Crippen molar-refractivity contribution in [2.75, 3.05) is 19.6 Å². The molecule has 1 fully saturated rings. The molecule has 1 saturated heterocycles. The molecule has 7 nitrogen and oxygen atoms in total. The number of rotatable bonds is 3. The van der Waals surface area contributed by atoms with Gasteiger partial charge < -0.3 is 5.32 Å². The van der Waals surface area contributed by atoms with Crippen LogP contribution in [0.3, 0.4) is 0 Å². The van der Waals surface area contributed by atoms with E-state index in [2.05, 4.69) is 5.32 Å². The van der Waals surface area contributed by atoms with Gasteiger partial charge in [-0.3, -0.25) is 10.1 Å². The van der Waals surface area contributed by atoms with E-state index in [1.807, 2.05) is 13.8 Å². The zero-order valence-electron chi connectivity index (χ0n) is 12.3. The van der Waals surface area contributed by atoms with Gasteiger partial charge in [-0.25, -0.2) is 8.42 Å². The molecule has 0 saturated carbocycles. The maximum atomic E-state index is 12.7. The summed E-state index contributed by atoms with van der Waals surface area (Å²) >= 11 is 0. The fourth-order valence-corrected chi connectivity index (χ4v) is 4.27. The Morgan fingerprint density at radius 2 is 2.05 bits per heavy atom. The van der Waals surface area contributed by atoms with Gasteiger partial charge in [0.05, 0.1) is 9.82 Å². The SMILES string of the molecule is Cc1ccc([N+](=O)[O-])cc1S(=O)(=O)N1CCNC(C)(C)C1. The molecule has 0 aliphatic carbocycles. The van der Waals surface area contributed by atoms with Crippen LogP contribution in [0.25, 0.3) is 0 Å². The average Bonchev–Trinajstić information content (AvgIpc) is 2.37. The predicted octanol–water partition coefficient (Wildman–Crippen LogP) is 1.28. The van der Waals surface area contributed by atoms with Gasteiger partial charge >= 0.3 is 0 Å². The first-order valence-electron chi connectivity index (χ1n) is 6.64. The minimum Gasteiger partial charge on any atom is -0.309 e. The largest absolute Gasteiger partial charge is 0.309 e. The van der Waals surface area contributed by atoms with E-state index >= 15 is 0 Å². The lowest BCUT2D eigenvalue weighted by molar-refractivity contribution is -0.385.